The lowest BCUT2D eigenvalue weighted by atomic mass is 9.49. The Kier molecular flexibility index (Phi) is 7.18. The van der Waals surface area contributed by atoms with Crippen LogP contribution in [0.3, 0.4) is 0 Å². The predicted molar refractivity (Wildman–Crippen MR) is 137 cm³/mol. The molecule has 4 aliphatic rings. The third-order valence-corrected chi connectivity index (χ3v) is 15.7. The molecule has 1 aliphatic heterocycles. The molecule has 35 heavy (non-hydrogen) atoms. The van der Waals surface area contributed by atoms with Crippen LogP contribution in [0.5, 0.6) is 0 Å². The SMILES string of the molecule is COC(=O)[C@H]1C[C@@H](O[Si](C)(C)C(C)(C)C)CC[C@]1(C)[C@H]1CC[C@@]2(C)[C@@H](CCC23OCCO3)[C@@H]1C=O. The molecule has 7 atom stereocenters. The van der Waals surface area contributed by atoms with Crippen molar-refractivity contribution in [2.75, 3.05) is 20.3 Å². The van der Waals surface area contributed by atoms with Gasteiger partial charge in [-0.25, -0.2) is 0 Å². The average molecular weight is 509 g/mol. The molecule has 0 aromatic carbocycles. The van der Waals surface area contributed by atoms with Gasteiger partial charge in [0.1, 0.15) is 6.29 Å². The maximum atomic E-state index is 13.2. The molecule has 0 radical (unpaired) electrons. The van der Waals surface area contributed by atoms with E-state index in [0.29, 0.717) is 19.6 Å². The van der Waals surface area contributed by atoms with Gasteiger partial charge in [0.05, 0.1) is 26.2 Å². The molecule has 6 nitrogen and oxygen atoms in total. The number of esters is 1. The van der Waals surface area contributed by atoms with E-state index in [1.807, 2.05) is 0 Å². The van der Waals surface area contributed by atoms with E-state index < -0.39 is 14.1 Å². The summed E-state index contributed by atoms with van der Waals surface area (Å²) in [6.45, 7) is 17.1. The van der Waals surface area contributed by atoms with E-state index in [4.69, 9.17) is 18.6 Å². The Bertz CT molecular complexity index is 815. The molecular formula is C28H48O6Si. The average Bonchev–Trinajstić information content (AvgIpc) is 3.39. The van der Waals surface area contributed by atoms with Crippen LogP contribution in [0.1, 0.15) is 79.6 Å². The van der Waals surface area contributed by atoms with E-state index in [1.165, 1.54) is 13.4 Å². The van der Waals surface area contributed by atoms with Crippen molar-refractivity contribution in [1.29, 1.82) is 0 Å². The highest BCUT2D eigenvalue weighted by Crippen LogP contribution is 2.66. The van der Waals surface area contributed by atoms with Gasteiger partial charge >= 0.3 is 5.97 Å². The number of hydrogen-bond donors (Lipinski definition) is 0. The third-order valence-electron chi connectivity index (χ3n) is 11.2. The van der Waals surface area contributed by atoms with Crippen LogP contribution >= 0.6 is 0 Å². The van der Waals surface area contributed by atoms with Crippen molar-refractivity contribution in [3.05, 3.63) is 0 Å². The Morgan fingerprint density at radius 3 is 2.20 bits per heavy atom. The fourth-order valence-electron chi connectivity index (χ4n) is 7.99. The second-order valence-electron chi connectivity index (χ2n) is 13.7. The number of carbonyl (C=O) groups excluding carboxylic acids is 2. The van der Waals surface area contributed by atoms with Gasteiger partial charge in [-0.2, -0.15) is 0 Å². The van der Waals surface area contributed by atoms with E-state index in [0.717, 1.165) is 38.5 Å². The summed E-state index contributed by atoms with van der Waals surface area (Å²) in [7, 11) is -0.464. The fourth-order valence-corrected chi connectivity index (χ4v) is 9.39. The smallest absolute Gasteiger partial charge is 0.309 e. The second kappa shape index (κ2) is 9.21. The van der Waals surface area contributed by atoms with Gasteiger partial charge in [0.2, 0.25) is 0 Å². The Morgan fingerprint density at radius 1 is 1.00 bits per heavy atom. The molecule has 0 unspecified atom stereocenters. The Labute approximate surface area is 213 Å². The molecule has 0 aromatic heterocycles. The summed E-state index contributed by atoms with van der Waals surface area (Å²) in [5.41, 5.74) is -0.453. The number of hydrogen-bond acceptors (Lipinski definition) is 6. The molecular weight excluding hydrogens is 460 g/mol. The number of rotatable bonds is 5. The van der Waals surface area contributed by atoms with Crippen LogP contribution in [0.4, 0.5) is 0 Å². The molecule has 0 aromatic rings. The lowest BCUT2D eigenvalue weighted by molar-refractivity contribution is -0.242. The first kappa shape index (κ1) is 27.3. The molecule has 1 saturated heterocycles. The number of ether oxygens (including phenoxy) is 3. The first-order valence-electron chi connectivity index (χ1n) is 13.7. The largest absolute Gasteiger partial charge is 0.469 e. The highest BCUT2D eigenvalue weighted by Gasteiger charge is 2.67. The lowest BCUT2D eigenvalue weighted by Gasteiger charge is -2.56. The molecule has 0 amide bonds. The van der Waals surface area contributed by atoms with Gasteiger partial charge in [-0.15, -0.1) is 0 Å². The molecule has 0 bridgehead atoms. The zero-order valence-electron chi connectivity index (χ0n) is 23.3. The van der Waals surface area contributed by atoms with Crippen LogP contribution in [-0.4, -0.2) is 52.8 Å². The van der Waals surface area contributed by atoms with Gasteiger partial charge in [-0.3, -0.25) is 4.79 Å². The minimum atomic E-state index is -1.96. The van der Waals surface area contributed by atoms with E-state index in [9.17, 15) is 9.59 Å². The van der Waals surface area contributed by atoms with E-state index >= 15 is 0 Å². The minimum Gasteiger partial charge on any atom is -0.469 e. The minimum absolute atomic E-state index is 0.0617. The van der Waals surface area contributed by atoms with Crippen LogP contribution in [0, 0.1) is 34.5 Å². The Balaban J connectivity index is 1.59. The van der Waals surface area contributed by atoms with Crippen molar-refractivity contribution in [2.45, 2.75) is 110 Å². The number of fused-ring (bicyclic) bond motifs is 2. The topological polar surface area (TPSA) is 71.1 Å². The van der Waals surface area contributed by atoms with Crippen LogP contribution in [0.2, 0.25) is 18.1 Å². The van der Waals surface area contributed by atoms with Gasteiger partial charge in [-0.05, 0) is 73.9 Å². The standard InChI is InChI=1S/C28H48O6Si/c1-25(2,3)35(7,8)34-19-9-12-26(4,23(17-19)24(30)31-6)21-10-13-27(5)22(20(21)18-29)11-14-28(27)32-15-16-33-28/h18-23H,9-17H2,1-8H3/t19-,20+,21-,22-,23+,26+,27-/m0/s1. The maximum Gasteiger partial charge on any atom is 0.309 e. The Hall–Kier alpha value is -0.763. The molecule has 200 valence electrons. The quantitative estimate of drug-likeness (QED) is 0.268. The maximum absolute atomic E-state index is 13.2. The number of methoxy groups -OCH3 is 1. The fraction of sp³-hybridized carbons (Fsp3) is 0.929. The molecule has 4 fully saturated rings. The molecule has 1 spiro atoms. The summed E-state index contributed by atoms with van der Waals surface area (Å²) in [5.74, 6) is -0.695. The van der Waals surface area contributed by atoms with Crippen molar-refractivity contribution in [2.24, 2.45) is 34.5 Å². The highest BCUT2D eigenvalue weighted by molar-refractivity contribution is 6.74. The van der Waals surface area contributed by atoms with Gasteiger partial charge in [0, 0.05) is 23.9 Å². The van der Waals surface area contributed by atoms with Crippen LogP contribution < -0.4 is 0 Å². The molecule has 4 rings (SSSR count). The monoisotopic (exact) mass is 508 g/mol. The predicted octanol–water partition coefficient (Wildman–Crippen LogP) is 5.74. The van der Waals surface area contributed by atoms with Gasteiger partial charge < -0.3 is 23.4 Å². The van der Waals surface area contributed by atoms with Crippen molar-refractivity contribution in [1.82, 2.24) is 0 Å². The molecule has 1 heterocycles. The zero-order chi connectivity index (χ0) is 25.9. The molecule has 7 heteroatoms. The third kappa shape index (κ3) is 4.26. The summed E-state index contributed by atoms with van der Waals surface area (Å²) in [6.07, 6.45) is 7.39. The second-order valence-corrected chi connectivity index (χ2v) is 18.5. The van der Waals surface area contributed by atoms with E-state index in [-0.39, 0.29) is 51.6 Å². The Morgan fingerprint density at radius 2 is 1.63 bits per heavy atom. The summed E-state index contributed by atoms with van der Waals surface area (Å²) < 4.78 is 24.6. The van der Waals surface area contributed by atoms with E-state index in [1.54, 1.807) is 0 Å². The van der Waals surface area contributed by atoms with Crippen molar-refractivity contribution < 1.29 is 28.2 Å². The molecule has 0 N–H and O–H groups in total. The van der Waals surface area contributed by atoms with Crippen LogP contribution in [-0.2, 0) is 28.2 Å². The van der Waals surface area contributed by atoms with Gasteiger partial charge in [0.15, 0.2) is 14.1 Å². The number of aldehydes is 1. The van der Waals surface area contributed by atoms with E-state index in [2.05, 4.69) is 47.7 Å². The summed E-state index contributed by atoms with van der Waals surface area (Å²) in [5, 5.41) is 0.119. The summed E-state index contributed by atoms with van der Waals surface area (Å²) >= 11 is 0. The van der Waals surface area contributed by atoms with Crippen molar-refractivity contribution in [3.63, 3.8) is 0 Å². The first-order chi connectivity index (χ1) is 16.2. The summed E-state index contributed by atoms with van der Waals surface area (Å²) in [4.78, 5) is 26.0. The van der Waals surface area contributed by atoms with Gasteiger partial charge in [0.25, 0.3) is 0 Å². The van der Waals surface area contributed by atoms with Crippen molar-refractivity contribution >= 4 is 20.6 Å². The lowest BCUT2D eigenvalue weighted by Crippen LogP contribution is -2.57. The zero-order valence-corrected chi connectivity index (χ0v) is 24.3. The number of carbonyl (C=O) groups is 2. The normalized spacial score (nSPS) is 41.5. The first-order valence-corrected chi connectivity index (χ1v) is 16.6. The van der Waals surface area contributed by atoms with Crippen molar-refractivity contribution in [3.8, 4) is 0 Å². The summed E-state index contributed by atoms with van der Waals surface area (Å²) in [6, 6.07) is 0. The van der Waals surface area contributed by atoms with Crippen LogP contribution in [0.25, 0.3) is 0 Å². The van der Waals surface area contributed by atoms with Gasteiger partial charge in [-0.1, -0.05) is 34.6 Å². The molecule has 3 saturated carbocycles. The van der Waals surface area contributed by atoms with Crippen LogP contribution in [0.15, 0.2) is 0 Å². The highest BCUT2D eigenvalue weighted by atomic mass is 28.4. The molecule has 3 aliphatic carbocycles.